The summed E-state index contributed by atoms with van der Waals surface area (Å²) in [6.45, 7) is 17.3. The highest BCUT2D eigenvalue weighted by Gasteiger charge is 2.50. The Labute approximate surface area is 391 Å². The Morgan fingerprint density at radius 3 is 2.42 bits per heavy atom. The molecule has 5 bridgehead atoms. The number of allylic oxidation sites excluding steroid dienone is 3. The van der Waals surface area contributed by atoms with E-state index in [0.29, 0.717) is 51.5 Å². The van der Waals surface area contributed by atoms with Crippen molar-refractivity contribution >= 4 is 40.0 Å². The monoisotopic (exact) mass is 928 g/mol. The third-order valence-electron chi connectivity index (χ3n) is 13.9. The number of rotatable bonds is 5. The van der Waals surface area contributed by atoms with E-state index in [1.165, 1.54) is 13.2 Å². The molecule has 1 unspecified atom stereocenters. The smallest absolute Gasteiger partial charge is 0.315 e. The molecular weight excluding hydrogens is 861 g/mol. The molecule has 67 heavy (non-hydrogen) atoms. The number of hydrogen-bond donors (Lipinski definition) is 5. The van der Waals surface area contributed by atoms with Crippen LogP contribution < -0.4 is 20.8 Å². The number of aliphatic hydroxyl groups is 2. The Morgan fingerprint density at radius 1 is 0.985 bits per heavy atom. The first-order valence-electron chi connectivity index (χ1n) is 23.7. The highest BCUT2D eigenvalue weighted by molar-refractivity contribution is 6.19. The van der Waals surface area contributed by atoms with Crippen molar-refractivity contribution in [2.24, 2.45) is 27.7 Å². The topological polar surface area (TPSA) is 223 Å². The lowest BCUT2D eigenvalue weighted by atomic mass is 9.86. The van der Waals surface area contributed by atoms with Crippen LogP contribution in [0.15, 0.2) is 46.1 Å². The molecule has 2 amide bonds. The molecule has 17 nitrogen and oxygen atoms in total. The minimum absolute atomic E-state index is 0.0329. The van der Waals surface area contributed by atoms with Gasteiger partial charge in [0.2, 0.25) is 5.91 Å². The zero-order valence-electron chi connectivity index (χ0n) is 40.1. The predicted molar refractivity (Wildman–Crippen MR) is 250 cm³/mol. The number of hydrogen-bond acceptors (Lipinski definition) is 15. The van der Waals surface area contributed by atoms with Crippen molar-refractivity contribution in [2.45, 2.75) is 123 Å². The number of nitrogens with zero attached hydrogens (tertiary/aromatic N) is 5. The number of amides is 2. The van der Waals surface area contributed by atoms with E-state index in [1.807, 2.05) is 7.05 Å². The summed E-state index contributed by atoms with van der Waals surface area (Å²) < 4.78 is 18.2. The minimum atomic E-state index is -1.93. The predicted octanol–water partition coefficient (Wildman–Crippen LogP) is 4.17. The van der Waals surface area contributed by atoms with Crippen LogP contribution in [-0.2, 0) is 23.9 Å². The number of ether oxygens (including phenoxy) is 3. The molecular formula is C50H68N6O11. The third-order valence-corrected chi connectivity index (χ3v) is 13.9. The van der Waals surface area contributed by atoms with E-state index in [4.69, 9.17) is 24.2 Å². The first kappa shape index (κ1) is 49.5. The summed E-state index contributed by atoms with van der Waals surface area (Å²) in [5.74, 6) is -5.67. The molecule has 8 rings (SSSR count). The Balaban J connectivity index is 1.25. The van der Waals surface area contributed by atoms with Gasteiger partial charge in [0.15, 0.2) is 11.4 Å². The van der Waals surface area contributed by atoms with Crippen LogP contribution in [0.25, 0.3) is 10.8 Å². The van der Waals surface area contributed by atoms with Crippen LogP contribution in [0, 0.1) is 24.7 Å². The maximum atomic E-state index is 14.7. The van der Waals surface area contributed by atoms with Crippen LogP contribution in [0.2, 0.25) is 0 Å². The van der Waals surface area contributed by atoms with Crippen molar-refractivity contribution in [3.8, 4) is 17.2 Å². The van der Waals surface area contributed by atoms with Crippen LogP contribution in [0.1, 0.15) is 102 Å². The van der Waals surface area contributed by atoms with Gasteiger partial charge in [-0.2, -0.15) is 0 Å². The van der Waals surface area contributed by atoms with Crippen molar-refractivity contribution in [1.29, 1.82) is 0 Å². The van der Waals surface area contributed by atoms with Crippen LogP contribution >= 0.6 is 0 Å². The molecule has 1 spiro atoms. The van der Waals surface area contributed by atoms with Crippen LogP contribution in [0.5, 0.6) is 17.2 Å². The van der Waals surface area contributed by atoms with Gasteiger partial charge in [0.25, 0.3) is 11.7 Å². The highest BCUT2D eigenvalue weighted by atomic mass is 16.7. The van der Waals surface area contributed by atoms with Crippen molar-refractivity contribution in [1.82, 2.24) is 14.7 Å². The number of anilines is 1. The van der Waals surface area contributed by atoms with E-state index >= 15 is 0 Å². The van der Waals surface area contributed by atoms with Crippen molar-refractivity contribution < 1.29 is 53.8 Å². The molecule has 364 valence electrons. The lowest BCUT2D eigenvalue weighted by molar-refractivity contribution is -0.155. The van der Waals surface area contributed by atoms with Crippen LogP contribution in [0.3, 0.4) is 0 Å². The van der Waals surface area contributed by atoms with Crippen molar-refractivity contribution in [2.75, 3.05) is 58.2 Å². The molecule has 6 aliphatic rings. The Kier molecular flexibility index (Phi) is 14.8. The Morgan fingerprint density at radius 2 is 1.70 bits per heavy atom. The Hall–Kier alpha value is -5.36. The zero-order valence-corrected chi connectivity index (χ0v) is 40.1. The second kappa shape index (κ2) is 20.1. The zero-order chi connectivity index (χ0) is 48.5. The summed E-state index contributed by atoms with van der Waals surface area (Å²) in [5.41, 5.74) is -0.569. The number of likely N-dealkylation sites (N-methyl/N-ethyl adjacent to an activating group) is 1. The first-order valence-corrected chi connectivity index (χ1v) is 23.7. The minimum Gasteiger partial charge on any atom is -0.507 e. The molecule has 6 aliphatic heterocycles. The van der Waals surface area contributed by atoms with Crippen LogP contribution in [0.4, 0.5) is 5.69 Å². The number of Topliss-reactive ketones (excluding diaryl/α,β-unsaturated/α-hetero) is 1. The molecule has 5 N–H and O–H groups in total. The lowest BCUT2D eigenvalue weighted by Gasteiger charge is -2.36. The highest BCUT2D eigenvalue weighted by Crippen LogP contribution is 2.50. The summed E-state index contributed by atoms with van der Waals surface area (Å²) in [6.07, 6.45) is 6.66. The fourth-order valence-corrected chi connectivity index (χ4v) is 9.76. The van der Waals surface area contributed by atoms with Gasteiger partial charge in [-0.3, -0.25) is 29.2 Å². The number of esters is 1. The van der Waals surface area contributed by atoms with Gasteiger partial charge >= 0.3 is 11.8 Å². The lowest BCUT2D eigenvalue weighted by Crippen LogP contribution is -2.43. The fraction of sp³-hybridized carbons (Fsp3) is 0.600. The second-order valence-electron chi connectivity index (χ2n) is 19.7. The SMILES string of the molecule is C/C1=C/C=C/C(C)[C@H](O)[C@@H](C)[C@@H](O)C[C@H](OC(=O)CC(=O)N2CCCN(C)CC2)CC/C=C/O[C@@]2(C)Oc3c(C)c(O)c4c(O)c(c5c(c4c3C2=O)=NC2(CCN(CC(C)C)CC2)N=5)NC1=O. The number of likely N-dealkylation sites (tertiary alicyclic amines) is 1. The maximum absolute atomic E-state index is 14.7. The normalized spacial score (nSPS) is 29.3. The van der Waals surface area contributed by atoms with Gasteiger partial charge in [0, 0.05) is 93.8 Å². The molecule has 6 heterocycles. The molecule has 2 aromatic carbocycles. The average molecular weight is 929 g/mol. The number of aliphatic hydroxyl groups excluding tert-OH is 2. The van der Waals surface area contributed by atoms with Gasteiger partial charge in [-0.25, -0.2) is 0 Å². The number of aromatic hydroxyl groups is 2. The molecule has 2 saturated heterocycles. The van der Waals surface area contributed by atoms with Crippen molar-refractivity contribution in [3.05, 3.63) is 58.0 Å². The van der Waals surface area contributed by atoms with Gasteiger partial charge in [-0.15, -0.1) is 0 Å². The Bertz CT molecular complexity index is 2490. The van der Waals surface area contributed by atoms with Gasteiger partial charge < -0.3 is 54.7 Å². The number of carbonyl (C=O) groups is 4. The molecule has 2 aromatic rings. The number of benzene rings is 2. The van der Waals surface area contributed by atoms with E-state index in [9.17, 15) is 39.6 Å². The van der Waals surface area contributed by atoms with E-state index in [-0.39, 0.29) is 80.5 Å². The summed E-state index contributed by atoms with van der Waals surface area (Å²) in [5, 5.41) is 50.1. The summed E-state index contributed by atoms with van der Waals surface area (Å²) in [7, 11) is 1.99. The van der Waals surface area contributed by atoms with E-state index in [0.717, 1.165) is 19.5 Å². The van der Waals surface area contributed by atoms with Crippen molar-refractivity contribution in [3.63, 3.8) is 0 Å². The number of piperidine rings is 1. The fourth-order valence-electron chi connectivity index (χ4n) is 9.76. The first-order chi connectivity index (χ1) is 31.7. The number of phenolic OH excluding ortho intramolecular Hbond substituents is 2. The summed E-state index contributed by atoms with van der Waals surface area (Å²) in [6, 6.07) is 0. The standard InChI is InChI=1S/C50H68N6O11/c1-28(2)27-55-20-16-50(17-21-55)52-40-37-38-44(61)32(6)46-39(37)47(63)49(7,67-46)65-24-10-9-15-33(66-36(59)26-35(58)56-19-12-18-54(8)22-23-56)25-34(57)31(5)43(60)29(3)13-11-14-30(4)48(64)51-42(45(38)62)41(40)53-50/h10-11,13-14,24,28-29,31,33-34,43,57,60-62H,9,12,15-23,25-27H2,1-8H3,(H,51,64)/b13-11+,24-10+,30-14-/t29?,31-,33+,34-,43-,49-/m0/s1. The molecule has 0 saturated carbocycles. The number of nitrogens with one attached hydrogen (secondary N) is 1. The van der Waals surface area contributed by atoms with E-state index in [1.54, 1.807) is 56.9 Å². The van der Waals surface area contributed by atoms with Gasteiger partial charge in [-0.05, 0) is 58.7 Å². The van der Waals surface area contributed by atoms with Crippen LogP contribution in [-0.4, -0.2) is 141 Å². The number of ketones is 1. The quantitative estimate of drug-likeness (QED) is 0.162. The molecule has 2 fully saturated rings. The van der Waals surface area contributed by atoms with E-state index in [2.05, 4.69) is 29.0 Å². The molecule has 0 aliphatic carbocycles. The van der Waals surface area contributed by atoms with Gasteiger partial charge in [0.05, 0.1) is 34.8 Å². The molecule has 0 radical (unpaired) electrons. The summed E-state index contributed by atoms with van der Waals surface area (Å²) >= 11 is 0. The molecule has 6 atom stereocenters. The van der Waals surface area contributed by atoms with E-state index < -0.39 is 71.4 Å². The number of phenols is 2. The molecule has 17 heteroatoms. The number of carbonyl (C=O) groups excluding carboxylic acids is 4. The van der Waals surface area contributed by atoms with Gasteiger partial charge in [-0.1, -0.05) is 45.9 Å². The summed E-state index contributed by atoms with van der Waals surface area (Å²) in [4.78, 5) is 71.6. The molecule has 0 aromatic heterocycles. The largest absolute Gasteiger partial charge is 0.507 e. The third kappa shape index (κ3) is 10.4. The maximum Gasteiger partial charge on any atom is 0.315 e. The van der Waals surface area contributed by atoms with Gasteiger partial charge in [0.1, 0.15) is 35.1 Å². The average Bonchev–Trinajstić information content (AvgIpc) is 3.67. The second-order valence-corrected chi connectivity index (χ2v) is 19.7. The number of fused-ring (bicyclic) bond motifs is 13.